The van der Waals surface area contributed by atoms with Gasteiger partial charge in [0.15, 0.2) is 14.8 Å². The summed E-state index contributed by atoms with van der Waals surface area (Å²) in [5.74, 6) is -5.08. The predicted octanol–water partition coefficient (Wildman–Crippen LogP) is -0.412. The van der Waals surface area contributed by atoms with E-state index in [1.54, 1.807) is 0 Å². The molecule has 94 valence electrons. The molecule has 17 heavy (non-hydrogen) atoms. The van der Waals surface area contributed by atoms with Gasteiger partial charge in [0.25, 0.3) is 0 Å². The van der Waals surface area contributed by atoms with E-state index in [-0.39, 0.29) is 0 Å². The Morgan fingerprint density at radius 2 is 1.59 bits per heavy atom. The van der Waals surface area contributed by atoms with Crippen molar-refractivity contribution in [2.75, 3.05) is 0 Å². The highest BCUT2D eigenvalue weighted by atomic mass is 16.7. The Labute approximate surface area is 93.1 Å². The topological polar surface area (TPSA) is 156 Å². The van der Waals surface area contributed by atoms with E-state index in [0.29, 0.717) is 13.0 Å². The summed E-state index contributed by atoms with van der Waals surface area (Å²) in [5.41, 5.74) is 0. The average Bonchev–Trinajstić information content (AvgIpc) is 2.16. The number of nitro groups is 3. The normalized spacial score (nSPS) is 12.3. The summed E-state index contributed by atoms with van der Waals surface area (Å²) in [6, 6.07) is 0. The van der Waals surface area contributed by atoms with Crippen molar-refractivity contribution in [3.05, 3.63) is 43.0 Å². The predicted molar refractivity (Wildman–Crippen MR) is 49.5 cm³/mol. The molecule has 0 heterocycles. The molecule has 0 saturated carbocycles. The fourth-order valence-corrected chi connectivity index (χ4v) is 0.947. The van der Waals surface area contributed by atoms with Gasteiger partial charge in [-0.3, -0.25) is 30.3 Å². The lowest BCUT2D eigenvalue weighted by molar-refractivity contribution is -0.976. The highest BCUT2D eigenvalue weighted by molar-refractivity contribution is 5.81. The minimum atomic E-state index is -3.83. The standard InChI is InChI=1S/C6H7N3O8/c1-3-5(10)17-4(2)6(7(11)12,8(13)14)9(15)16/h3-4H,1H2,2H3. The van der Waals surface area contributed by atoms with E-state index in [1.165, 1.54) is 0 Å². The zero-order valence-electron chi connectivity index (χ0n) is 8.47. The first-order valence-electron chi connectivity index (χ1n) is 3.97. The van der Waals surface area contributed by atoms with Gasteiger partial charge >= 0.3 is 17.9 Å². The monoisotopic (exact) mass is 249 g/mol. The fourth-order valence-electron chi connectivity index (χ4n) is 0.947. The second-order valence-electron chi connectivity index (χ2n) is 2.74. The molecule has 0 saturated heterocycles. The van der Waals surface area contributed by atoms with Crippen LogP contribution < -0.4 is 0 Å². The molecular formula is C6H7N3O8. The van der Waals surface area contributed by atoms with E-state index in [9.17, 15) is 35.1 Å². The molecule has 0 N–H and O–H groups in total. The first kappa shape index (κ1) is 14.4. The first-order chi connectivity index (χ1) is 7.71. The molecule has 0 fully saturated rings. The summed E-state index contributed by atoms with van der Waals surface area (Å²) in [7, 11) is 0. The van der Waals surface area contributed by atoms with Crippen LogP contribution in [0.1, 0.15) is 6.92 Å². The molecule has 0 spiro atoms. The van der Waals surface area contributed by atoms with E-state index in [0.717, 1.165) is 0 Å². The van der Waals surface area contributed by atoms with Crippen molar-refractivity contribution >= 4 is 5.97 Å². The maximum atomic E-state index is 10.7. The van der Waals surface area contributed by atoms with Crippen molar-refractivity contribution < 1.29 is 24.3 Å². The average molecular weight is 249 g/mol. The van der Waals surface area contributed by atoms with Crippen molar-refractivity contribution in [3.8, 4) is 0 Å². The van der Waals surface area contributed by atoms with Gasteiger partial charge < -0.3 is 4.74 Å². The molecule has 0 aromatic rings. The summed E-state index contributed by atoms with van der Waals surface area (Å²) in [6.45, 7) is 3.62. The van der Waals surface area contributed by atoms with Crippen LogP contribution in [0.3, 0.4) is 0 Å². The summed E-state index contributed by atoms with van der Waals surface area (Å²) in [6.07, 6.45) is -1.63. The maximum Gasteiger partial charge on any atom is 0.736 e. The van der Waals surface area contributed by atoms with Crippen LogP contribution in [0.4, 0.5) is 0 Å². The molecule has 0 radical (unpaired) electrons. The molecule has 0 rings (SSSR count). The summed E-state index contributed by atoms with van der Waals surface area (Å²) < 4.78 is 4.17. The van der Waals surface area contributed by atoms with Gasteiger partial charge in [-0.25, -0.2) is 4.79 Å². The number of nitrogens with zero attached hydrogens (tertiary/aromatic N) is 3. The number of carbonyl (C=O) groups excluding carboxylic acids is 1. The van der Waals surface area contributed by atoms with Crippen LogP contribution in [0, 0.1) is 30.3 Å². The lowest BCUT2D eigenvalue weighted by atomic mass is 10.2. The Morgan fingerprint density at radius 3 is 1.82 bits per heavy atom. The lowest BCUT2D eigenvalue weighted by Gasteiger charge is -2.14. The molecule has 0 aromatic heterocycles. The van der Waals surface area contributed by atoms with Crippen LogP contribution in [-0.2, 0) is 9.53 Å². The van der Waals surface area contributed by atoms with E-state index >= 15 is 0 Å². The van der Waals surface area contributed by atoms with E-state index in [1.807, 2.05) is 0 Å². The van der Waals surface area contributed by atoms with Crippen LogP contribution >= 0.6 is 0 Å². The third-order valence-electron chi connectivity index (χ3n) is 1.81. The van der Waals surface area contributed by atoms with Gasteiger partial charge in [0.05, 0.1) is 0 Å². The SMILES string of the molecule is C=CC(=O)OC(C)C([N+](=O)[O-])([N+](=O)[O-])[N+](=O)[O-]. The van der Waals surface area contributed by atoms with Gasteiger partial charge in [-0.15, -0.1) is 0 Å². The number of esters is 1. The van der Waals surface area contributed by atoms with Gasteiger partial charge in [-0.05, 0) is 6.92 Å². The highest BCUT2D eigenvalue weighted by Crippen LogP contribution is 2.20. The zero-order valence-corrected chi connectivity index (χ0v) is 8.47. The van der Waals surface area contributed by atoms with Crippen LogP contribution in [0.15, 0.2) is 12.7 Å². The number of carbonyl (C=O) groups is 1. The molecule has 0 bridgehead atoms. The minimum Gasteiger partial charge on any atom is -0.435 e. The molecule has 11 heteroatoms. The van der Waals surface area contributed by atoms with Crippen LogP contribution in [0.2, 0.25) is 0 Å². The van der Waals surface area contributed by atoms with Crippen molar-refractivity contribution in [2.24, 2.45) is 0 Å². The second-order valence-corrected chi connectivity index (χ2v) is 2.74. The Balaban J connectivity index is 5.53. The van der Waals surface area contributed by atoms with Crippen molar-refractivity contribution in [2.45, 2.75) is 18.8 Å². The highest BCUT2D eigenvalue weighted by Gasteiger charge is 2.77. The molecule has 0 aliphatic carbocycles. The molecule has 0 aliphatic heterocycles. The largest absolute Gasteiger partial charge is 0.736 e. The Hall–Kier alpha value is -2.59. The Kier molecular flexibility index (Phi) is 4.20. The van der Waals surface area contributed by atoms with Gasteiger partial charge in [-0.1, -0.05) is 6.58 Å². The molecule has 1 atom stereocenters. The van der Waals surface area contributed by atoms with E-state index in [2.05, 4.69) is 11.3 Å². The van der Waals surface area contributed by atoms with Crippen molar-refractivity contribution in [1.29, 1.82) is 0 Å². The van der Waals surface area contributed by atoms with E-state index < -0.39 is 32.6 Å². The third-order valence-corrected chi connectivity index (χ3v) is 1.81. The molecular weight excluding hydrogens is 242 g/mol. The van der Waals surface area contributed by atoms with Crippen LogP contribution in [-0.4, -0.2) is 32.6 Å². The lowest BCUT2D eigenvalue weighted by Crippen LogP contribution is -2.61. The van der Waals surface area contributed by atoms with Crippen LogP contribution in [0.25, 0.3) is 0 Å². The zero-order chi connectivity index (χ0) is 13.8. The van der Waals surface area contributed by atoms with Crippen molar-refractivity contribution in [3.63, 3.8) is 0 Å². The van der Waals surface area contributed by atoms with Gasteiger partial charge in [0.1, 0.15) is 0 Å². The maximum absolute atomic E-state index is 10.7. The van der Waals surface area contributed by atoms with E-state index in [4.69, 9.17) is 0 Å². The molecule has 0 aliphatic rings. The van der Waals surface area contributed by atoms with Gasteiger partial charge in [0, 0.05) is 6.08 Å². The van der Waals surface area contributed by atoms with Gasteiger partial charge in [0.2, 0.25) is 0 Å². The number of hydrogen-bond donors (Lipinski definition) is 0. The van der Waals surface area contributed by atoms with Gasteiger partial charge in [-0.2, -0.15) is 0 Å². The third kappa shape index (κ3) is 2.32. The van der Waals surface area contributed by atoms with Crippen LogP contribution in [0.5, 0.6) is 0 Å². The molecule has 11 nitrogen and oxygen atoms in total. The number of rotatable bonds is 6. The minimum absolute atomic E-state index is 0.571. The number of ether oxygens (including phenoxy) is 1. The molecule has 1 unspecified atom stereocenters. The Bertz CT molecular complexity index is 355. The summed E-state index contributed by atoms with van der Waals surface area (Å²) in [5, 5.41) is 31.6. The molecule has 0 amide bonds. The summed E-state index contributed by atoms with van der Waals surface area (Å²) in [4.78, 5) is 37.1. The second kappa shape index (κ2) is 4.96. The fraction of sp³-hybridized carbons (Fsp3) is 0.500. The smallest absolute Gasteiger partial charge is 0.435 e. The first-order valence-corrected chi connectivity index (χ1v) is 3.97. The quantitative estimate of drug-likeness (QED) is 0.202. The number of hydrogen-bond acceptors (Lipinski definition) is 8. The summed E-state index contributed by atoms with van der Waals surface area (Å²) >= 11 is 0. The Morgan fingerprint density at radius 1 is 1.24 bits per heavy atom. The van der Waals surface area contributed by atoms with Crippen molar-refractivity contribution in [1.82, 2.24) is 0 Å². The molecule has 0 aromatic carbocycles.